The van der Waals surface area contributed by atoms with E-state index in [0.29, 0.717) is 116 Å². The third-order valence-corrected chi connectivity index (χ3v) is 20.1. The maximum Gasteiger partial charge on any atom is 0.217 e. The highest BCUT2D eigenvalue weighted by atomic mass is 16.7. The number of amides is 2. The molecular weight excluding hydrogens is 1430 g/mol. The van der Waals surface area contributed by atoms with Crippen molar-refractivity contribution in [2.24, 2.45) is 44.8 Å². The van der Waals surface area contributed by atoms with Gasteiger partial charge in [0, 0.05) is 141 Å². The summed E-state index contributed by atoms with van der Waals surface area (Å²) in [6.07, 6.45) is -0.0819. The van der Waals surface area contributed by atoms with Gasteiger partial charge in [-0.25, -0.2) is 5.84 Å². The van der Waals surface area contributed by atoms with Crippen molar-refractivity contribution in [2.45, 2.75) is 287 Å². The number of nitrogens with two attached hydrogens (primary N) is 3. The van der Waals surface area contributed by atoms with E-state index in [2.05, 4.69) is 66.9 Å². The van der Waals surface area contributed by atoms with Gasteiger partial charge in [0.15, 0.2) is 25.2 Å². The number of nitrogens with one attached hydrogen (secondary N) is 2. The first-order valence-corrected chi connectivity index (χ1v) is 38.6. The Kier molecular flexibility index (Phi) is 40.9. The number of nitrogens with zero attached hydrogens (tertiary/aromatic N) is 11. The Morgan fingerprint density at radius 3 is 1.39 bits per heavy atom. The lowest BCUT2D eigenvalue weighted by Gasteiger charge is -2.42. The first-order chi connectivity index (χ1) is 52.1. The molecule has 0 spiro atoms. The third-order valence-electron chi connectivity index (χ3n) is 20.1. The molecule has 4 aliphatic rings. The monoisotopic (exact) mass is 1560 g/mol. The van der Waals surface area contributed by atoms with Gasteiger partial charge in [-0.05, 0) is 102 Å². The average molecular weight is 1560 g/mol. The number of ether oxygens (including phenoxy) is 8. The van der Waals surface area contributed by atoms with Crippen molar-refractivity contribution >= 4 is 23.7 Å². The summed E-state index contributed by atoms with van der Waals surface area (Å²) >= 11 is 0. The summed E-state index contributed by atoms with van der Waals surface area (Å²) in [5, 5.41) is 151. The van der Waals surface area contributed by atoms with Gasteiger partial charge in [-0.1, -0.05) is 51.5 Å². The predicted molar refractivity (Wildman–Crippen MR) is 395 cm³/mol. The van der Waals surface area contributed by atoms with E-state index in [4.69, 9.17) is 60.3 Å². The predicted octanol–water partition coefficient (Wildman–Crippen LogP) is -3.09. The topological polar surface area (TPSA) is 549 Å². The van der Waals surface area contributed by atoms with Gasteiger partial charge in [0.1, 0.15) is 73.1 Å². The molecule has 4 aliphatic heterocycles. The second kappa shape index (κ2) is 48.1. The Balaban J connectivity index is 1.09. The highest BCUT2D eigenvalue weighted by molar-refractivity contribution is 6.31. The molecule has 0 bridgehead atoms. The van der Waals surface area contributed by atoms with Crippen LogP contribution in [0.2, 0.25) is 0 Å². The largest absolute Gasteiger partial charge is 0.400 e. The summed E-state index contributed by atoms with van der Waals surface area (Å²) in [5.74, 6) is 10.9. The van der Waals surface area contributed by atoms with Crippen LogP contribution < -0.4 is 28.1 Å². The molecule has 626 valence electrons. The van der Waals surface area contributed by atoms with Gasteiger partial charge in [0.05, 0.1) is 55.7 Å². The number of aliphatic imine (C=N–C) groups is 1. The average Bonchev–Trinajstić information content (AvgIpc) is 1.09. The zero-order valence-electron chi connectivity index (χ0n) is 64.7. The number of hydrogen-bond donors (Lipinski definition) is 17. The lowest BCUT2D eigenvalue weighted by atomic mass is 9.82. The van der Waals surface area contributed by atoms with E-state index in [1.54, 1.807) is 30.9 Å². The number of hydrazone groups is 1. The first kappa shape index (κ1) is 92.6. The smallest absolute Gasteiger partial charge is 0.217 e. The Morgan fingerprint density at radius 1 is 0.569 bits per heavy atom. The molecule has 109 heavy (non-hydrogen) atoms. The van der Waals surface area contributed by atoms with Crippen LogP contribution in [-0.4, -0.2) is 332 Å². The molecule has 6 heterocycles. The molecule has 2 aromatic rings. The fourth-order valence-electron chi connectivity index (χ4n) is 13.9. The van der Waals surface area contributed by atoms with Gasteiger partial charge in [-0.15, -0.1) is 10.2 Å². The van der Waals surface area contributed by atoms with Gasteiger partial charge in [0.25, 0.3) is 0 Å². The number of aliphatic hydroxyl groups is 12. The fourth-order valence-corrected chi connectivity index (χ4v) is 13.9. The number of unbranched alkanes of at least 4 members (excludes halogenated alkanes) is 9. The maximum atomic E-state index is 11.9. The summed E-state index contributed by atoms with van der Waals surface area (Å²) in [6, 6.07) is -2.17. The Morgan fingerprint density at radius 2 is 0.972 bits per heavy atom. The first-order valence-electron chi connectivity index (χ1n) is 38.6. The van der Waals surface area contributed by atoms with E-state index in [1.807, 2.05) is 17.1 Å². The van der Waals surface area contributed by atoms with Crippen molar-refractivity contribution in [3.8, 4) is 0 Å². The SMILES string of the molecule is CC(=O)N[C@H]1[C@H](OCCCCCN(N)/C=C(\N)CN(CC(C=NCCCCCO[C@@H]2O[C@H](CO)[C@H](O)[C@H](O)[C@H]2C)=NN)C(CCCCN(Cc2cn(CCCCCO[C@@H]3O[C@H](CO)[C@H](O)[C@H](O)[C@H]3C)nn2)Cc2cn(CCCCCO[C@@H]3O[C@H](CO)C(O)C(O)[C@H]3NC(C)=O)nn2)C(C)(C)C)O[C@H](CO)[C@H](O)[C@@H]1O. The van der Waals surface area contributed by atoms with Crippen LogP contribution in [0.1, 0.15) is 156 Å². The number of aliphatic hydroxyl groups excluding tert-OH is 12. The number of carbonyl (C=O) groups excluding carboxylic acids is 2. The number of hydrogen-bond acceptors (Lipinski definition) is 34. The standard InChI is InChI=1S/C71H130N16O22/c1-44-59(94)61(96)52(40-88)106-67(44)102-28-18-8-13-23-75-32-49(78-73)37-84(33-48(72)34-85(74)25-14-9-19-30-104-69-57(76-46(3)92)65(100)63(98)54(42-90)108-69)56(71(5,6)7)22-12-17-24-83(35-50-38-86(81-79-50)26-15-10-20-29-103-68-45(2)60(95)62(97)53(41-89)107-68)36-51-39-87(82-80-51)27-16-11-21-31-105-70-58(77-47(4)93)66(101)64(99)55(43-91)109-70/h32,34,38-39,44-45,52-70,88-91,94-101H,8-31,33,35-37,40-43,72-74H2,1-7H3,(H,76,92)(H,77,93)/b48-34-,75-32?,78-49?/t44-,45-,52-,53-,54-,55-,56?,57-,58-,59-,60-,61+,62+,63+,64?,65-,66?,67-,68-,69-,70-/m1/s1. The normalized spacial score (nSPS) is 29.7. The van der Waals surface area contributed by atoms with Gasteiger partial charge in [-0.3, -0.25) is 33.7 Å². The van der Waals surface area contributed by atoms with Crippen molar-refractivity contribution in [2.75, 3.05) is 85.6 Å². The molecule has 2 aromatic heterocycles. The fraction of sp³-hybridized carbons (Fsp3) is 0.859. The zero-order chi connectivity index (χ0) is 79.7. The van der Waals surface area contributed by atoms with Gasteiger partial charge in [0.2, 0.25) is 11.8 Å². The van der Waals surface area contributed by atoms with E-state index >= 15 is 0 Å². The molecule has 4 fully saturated rings. The molecule has 2 amide bonds. The lowest BCUT2D eigenvalue weighted by molar-refractivity contribution is -0.282. The van der Waals surface area contributed by atoms with E-state index < -0.39 is 161 Å². The van der Waals surface area contributed by atoms with Gasteiger partial charge in [-0.2, -0.15) is 5.10 Å². The minimum atomic E-state index is -1.43. The summed E-state index contributed by atoms with van der Waals surface area (Å²) in [6.45, 7) is 15.9. The third kappa shape index (κ3) is 30.2. The maximum absolute atomic E-state index is 11.9. The minimum Gasteiger partial charge on any atom is -0.400 e. The molecule has 6 rings (SSSR count). The molecule has 4 saturated heterocycles. The Bertz CT molecular complexity index is 2970. The summed E-state index contributed by atoms with van der Waals surface area (Å²) in [7, 11) is 0. The van der Waals surface area contributed by atoms with Crippen LogP contribution in [0.15, 0.2) is 34.4 Å². The number of aromatic nitrogens is 6. The molecule has 3 unspecified atom stereocenters. The van der Waals surface area contributed by atoms with Crippen LogP contribution in [0.3, 0.4) is 0 Å². The second-order valence-corrected chi connectivity index (χ2v) is 30.3. The molecule has 38 nitrogen and oxygen atoms in total. The van der Waals surface area contributed by atoms with E-state index in [0.717, 1.165) is 69.2 Å². The lowest BCUT2D eigenvalue weighted by Crippen LogP contribution is -2.64. The highest BCUT2D eigenvalue weighted by Crippen LogP contribution is 2.32. The minimum absolute atomic E-state index is 0.0861. The van der Waals surface area contributed by atoms with Crippen molar-refractivity contribution in [3.63, 3.8) is 0 Å². The second-order valence-electron chi connectivity index (χ2n) is 30.3. The van der Waals surface area contributed by atoms with Crippen LogP contribution in [0.25, 0.3) is 0 Å². The molecule has 0 saturated carbocycles. The molecule has 38 heteroatoms. The van der Waals surface area contributed by atoms with Crippen LogP contribution in [-0.2, 0) is 73.7 Å². The Labute approximate surface area is 639 Å². The summed E-state index contributed by atoms with van der Waals surface area (Å²) in [4.78, 5) is 33.1. The molecular formula is C71H130N16O22. The number of aryl methyl sites for hydroxylation is 2. The molecule has 21 atom stereocenters. The number of rotatable bonds is 50. The molecule has 0 radical (unpaired) electrons. The van der Waals surface area contributed by atoms with Crippen molar-refractivity contribution < 1.29 is 109 Å². The van der Waals surface area contributed by atoms with Crippen LogP contribution in [0.5, 0.6) is 0 Å². The number of hydrazine groups is 1. The summed E-state index contributed by atoms with van der Waals surface area (Å²) < 4.78 is 50.1. The quantitative estimate of drug-likeness (QED) is 0.0135. The zero-order valence-corrected chi connectivity index (χ0v) is 64.7. The van der Waals surface area contributed by atoms with Gasteiger partial charge < -0.3 is 126 Å². The van der Waals surface area contributed by atoms with Crippen LogP contribution in [0.4, 0.5) is 0 Å². The van der Waals surface area contributed by atoms with Crippen molar-refractivity contribution in [3.05, 3.63) is 35.7 Å². The summed E-state index contributed by atoms with van der Waals surface area (Å²) in [5.41, 5.74) is 9.14. The highest BCUT2D eigenvalue weighted by Gasteiger charge is 2.48. The van der Waals surface area contributed by atoms with E-state index in [-0.39, 0.29) is 31.2 Å². The van der Waals surface area contributed by atoms with E-state index in [1.165, 1.54) is 18.9 Å². The molecule has 0 aromatic carbocycles. The molecule has 0 aliphatic carbocycles. The number of carbonyl (C=O) groups is 2. The molecule has 20 N–H and O–H groups in total. The van der Waals surface area contributed by atoms with Gasteiger partial charge >= 0.3 is 0 Å². The van der Waals surface area contributed by atoms with Crippen molar-refractivity contribution in [1.82, 2.24) is 55.4 Å². The van der Waals surface area contributed by atoms with Crippen LogP contribution in [0, 0.1) is 17.3 Å². The van der Waals surface area contributed by atoms with E-state index in [9.17, 15) is 70.9 Å². The van der Waals surface area contributed by atoms with Crippen molar-refractivity contribution in [1.29, 1.82) is 0 Å². The van der Waals surface area contributed by atoms with Crippen LogP contribution >= 0.6 is 0 Å². The Hall–Kier alpha value is -5.22.